The van der Waals surface area contributed by atoms with Crippen molar-refractivity contribution in [3.8, 4) is 22.6 Å². The summed E-state index contributed by atoms with van der Waals surface area (Å²) in [5.41, 5.74) is 1.97. The zero-order chi connectivity index (χ0) is 13.8. The number of aromatic amines is 1. The molecule has 0 amide bonds. The quantitative estimate of drug-likeness (QED) is 0.790. The second kappa shape index (κ2) is 5.40. The third-order valence-corrected chi connectivity index (χ3v) is 2.84. The summed E-state index contributed by atoms with van der Waals surface area (Å²) in [4.78, 5) is 11.1. The van der Waals surface area contributed by atoms with Crippen LogP contribution in [0.3, 0.4) is 0 Å². The number of hydrogen-bond donors (Lipinski definition) is 1. The Morgan fingerprint density at radius 2 is 1.55 bits per heavy atom. The largest absolute Gasteiger partial charge is 0.455 e. The molecule has 0 radical (unpaired) electrons. The molecular formula is C16H12N2O2. The summed E-state index contributed by atoms with van der Waals surface area (Å²) < 4.78 is 5.57. The van der Waals surface area contributed by atoms with Gasteiger partial charge in [-0.2, -0.15) is 5.10 Å². The number of nitrogens with zero attached hydrogens (tertiary/aromatic N) is 1. The van der Waals surface area contributed by atoms with Crippen LogP contribution in [0.15, 0.2) is 71.7 Å². The zero-order valence-electron chi connectivity index (χ0n) is 10.6. The van der Waals surface area contributed by atoms with Gasteiger partial charge in [0.2, 0.25) is 0 Å². The van der Waals surface area contributed by atoms with Crippen LogP contribution in [-0.2, 0) is 0 Å². The fourth-order valence-corrected chi connectivity index (χ4v) is 1.90. The molecule has 4 nitrogen and oxygen atoms in total. The van der Waals surface area contributed by atoms with Gasteiger partial charge in [0, 0.05) is 6.07 Å². The van der Waals surface area contributed by atoms with Crippen molar-refractivity contribution < 1.29 is 4.74 Å². The lowest BCUT2D eigenvalue weighted by atomic mass is 10.1. The van der Waals surface area contributed by atoms with Crippen LogP contribution >= 0.6 is 0 Å². The first kappa shape index (κ1) is 12.2. The van der Waals surface area contributed by atoms with Crippen LogP contribution in [0.25, 0.3) is 11.1 Å². The standard InChI is InChI=1S/C16H12N2O2/c19-16-10-15(11-17-18-16)20-14-8-6-13(7-9-14)12-4-2-1-3-5-12/h1-11H,(H,18,19). The molecule has 0 aliphatic rings. The van der Waals surface area contributed by atoms with E-state index >= 15 is 0 Å². The second-order valence-corrected chi connectivity index (χ2v) is 4.27. The van der Waals surface area contributed by atoms with E-state index in [0.717, 1.165) is 11.1 Å². The Balaban J connectivity index is 1.82. The summed E-state index contributed by atoms with van der Waals surface area (Å²) in [6.07, 6.45) is 1.46. The predicted molar refractivity (Wildman–Crippen MR) is 76.8 cm³/mol. The van der Waals surface area contributed by atoms with Gasteiger partial charge in [-0.1, -0.05) is 42.5 Å². The summed E-state index contributed by atoms with van der Waals surface area (Å²) in [5, 5.41) is 5.99. The topological polar surface area (TPSA) is 55.0 Å². The molecule has 0 saturated carbocycles. The van der Waals surface area contributed by atoms with Crippen LogP contribution in [0, 0.1) is 0 Å². The van der Waals surface area contributed by atoms with Crippen LogP contribution in [0.1, 0.15) is 0 Å². The maximum Gasteiger partial charge on any atom is 0.267 e. The minimum Gasteiger partial charge on any atom is -0.455 e. The summed E-state index contributed by atoms with van der Waals surface area (Å²) in [5.74, 6) is 1.08. The second-order valence-electron chi connectivity index (χ2n) is 4.27. The van der Waals surface area contributed by atoms with E-state index in [-0.39, 0.29) is 5.56 Å². The van der Waals surface area contributed by atoms with Crippen molar-refractivity contribution in [2.45, 2.75) is 0 Å². The highest BCUT2D eigenvalue weighted by Crippen LogP contribution is 2.24. The summed E-state index contributed by atoms with van der Waals surface area (Å²) >= 11 is 0. The van der Waals surface area contributed by atoms with E-state index in [0.29, 0.717) is 11.5 Å². The number of nitrogens with one attached hydrogen (secondary N) is 1. The molecule has 0 unspecified atom stereocenters. The number of hydrogen-bond acceptors (Lipinski definition) is 3. The number of rotatable bonds is 3. The first-order valence-corrected chi connectivity index (χ1v) is 6.19. The number of ether oxygens (including phenoxy) is 1. The van der Waals surface area contributed by atoms with E-state index in [1.165, 1.54) is 12.3 Å². The van der Waals surface area contributed by atoms with E-state index in [1.807, 2.05) is 42.5 Å². The Morgan fingerprint density at radius 1 is 0.850 bits per heavy atom. The van der Waals surface area contributed by atoms with Crippen molar-refractivity contribution in [2.24, 2.45) is 0 Å². The molecular weight excluding hydrogens is 252 g/mol. The van der Waals surface area contributed by atoms with Crippen LogP contribution < -0.4 is 10.3 Å². The van der Waals surface area contributed by atoms with Gasteiger partial charge in [-0.15, -0.1) is 0 Å². The smallest absolute Gasteiger partial charge is 0.267 e. The number of H-pyrrole nitrogens is 1. The summed E-state index contributed by atoms with van der Waals surface area (Å²) in [7, 11) is 0. The minimum atomic E-state index is -0.289. The maximum absolute atomic E-state index is 11.1. The molecule has 98 valence electrons. The highest BCUT2D eigenvalue weighted by Gasteiger charge is 2.00. The van der Waals surface area contributed by atoms with Gasteiger partial charge in [0.1, 0.15) is 5.75 Å². The summed E-state index contributed by atoms with van der Waals surface area (Å²) in [6.45, 7) is 0. The van der Waals surface area contributed by atoms with Crippen molar-refractivity contribution in [3.05, 3.63) is 77.2 Å². The normalized spacial score (nSPS) is 10.2. The molecule has 1 N–H and O–H groups in total. The molecule has 0 aliphatic heterocycles. The van der Waals surface area contributed by atoms with Crippen LogP contribution in [0.5, 0.6) is 11.5 Å². The van der Waals surface area contributed by atoms with E-state index < -0.39 is 0 Å². The molecule has 0 bridgehead atoms. The number of aromatic nitrogens is 2. The average molecular weight is 264 g/mol. The van der Waals surface area contributed by atoms with Crippen LogP contribution in [0.2, 0.25) is 0 Å². The Kier molecular flexibility index (Phi) is 3.29. The molecule has 0 saturated heterocycles. The van der Waals surface area contributed by atoms with Gasteiger partial charge >= 0.3 is 0 Å². The fraction of sp³-hybridized carbons (Fsp3) is 0. The van der Waals surface area contributed by atoms with Gasteiger partial charge in [-0.25, -0.2) is 5.10 Å². The Hall–Kier alpha value is -2.88. The van der Waals surface area contributed by atoms with Crippen molar-refractivity contribution in [3.63, 3.8) is 0 Å². The molecule has 2 aromatic carbocycles. The van der Waals surface area contributed by atoms with Gasteiger partial charge in [0.15, 0.2) is 5.75 Å². The highest BCUT2D eigenvalue weighted by atomic mass is 16.5. The average Bonchev–Trinajstić information content (AvgIpc) is 2.49. The van der Waals surface area contributed by atoms with Gasteiger partial charge in [-0.05, 0) is 23.3 Å². The lowest BCUT2D eigenvalue weighted by Crippen LogP contribution is -2.05. The molecule has 0 aliphatic carbocycles. The number of benzene rings is 2. The Bertz CT molecular complexity index is 749. The third kappa shape index (κ3) is 2.75. The molecule has 3 rings (SSSR count). The van der Waals surface area contributed by atoms with E-state index in [2.05, 4.69) is 22.3 Å². The molecule has 0 spiro atoms. The van der Waals surface area contributed by atoms with Crippen molar-refractivity contribution in [1.82, 2.24) is 10.2 Å². The fourth-order valence-electron chi connectivity index (χ4n) is 1.90. The van der Waals surface area contributed by atoms with E-state index in [4.69, 9.17) is 4.74 Å². The lowest BCUT2D eigenvalue weighted by Gasteiger charge is -2.06. The molecule has 4 heteroatoms. The van der Waals surface area contributed by atoms with Crippen molar-refractivity contribution in [1.29, 1.82) is 0 Å². The minimum absolute atomic E-state index is 0.289. The van der Waals surface area contributed by atoms with Crippen LogP contribution in [0.4, 0.5) is 0 Å². The van der Waals surface area contributed by atoms with Crippen molar-refractivity contribution in [2.75, 3.05) is 0 Å². The zero-order valence-corrected chi connectivity index (χ0v) is 10.6. The first-order chi connectivity index (χ1) is 9.81. The van der Waals surface area contributed by atoms with Gasteiger partial charge < -0.3 is 4.74 Å². The first-order valence-electron chi connectivity index (χ1n) is 6.19. The molecule has 0 fully saturated rings. The molecule has 1 aromatic heterocycles. The van der Waals surface area contributed by atoms with Gasteiger partial charge in [0.25, 0.3) is 5.56 Å². The van der Waals surface area contributed by atoms with Crippen molar-refractivity contribution >= 4 is 0 Å². The maximum atomic E-state index is 11.1. The SMILES string of the molecule is O=c1cc(Oc2ccc(-c3ccccc3)cc2)cn[nH]1. The molecule has 0 atom stereocenters. The molecule has 1 heterocycles. The Morgan fingerprint density at radius 3 is 2.25 bits per heavy atom. The lowest BCUT2D eigenvalue weighted by molar-refractivity contribution is 0.477. The third-order valence-electron chi connectivity index (χ3n) is 2.84. The Labute approximate surface area is 115 Å². The summed E-state index contributed by atoms with van der Waals surface area (Å²) in [6, 6.07) is 19.1. The highest BCUT2D eigenvalue weighted by molar-refractivity contribution is 5.63. The van der Waals surface area contributed by atoms with E-state index in [1.54, 1.807) is 0 Å². The van der Waals surface area contributed by atoms with E-state index in [9.17, 15) is 4.79 Å². The predicted octanol–water partition coefficient (Wildman–Crippen LogP) is 3.23. The monoisotopic (exact) mass is 264 g/mol. The van der Waals surface area contributed by atoms with Gasteiger partial charge in [0.05, 0.1) is 6.20 Å². The van der Waals surface area contributed by atoms with Crippen LogP contribution in [-0.4, -0.2) is 10.2 Å². The molecule has 3 aromatic rings. The molecule has 20 heavy (non-hydrogen) atoms. The van der Waals surface area contributed by atoms with Gasteiger partial charge in [-0.3, -0.25) is 4.79 Å².